The first-order chi connectivity index (χ1) is 36.8. The largest absolute Gasteiger partial charge is 0.456 e. The van der Waals surface area contributed by atoms with Gasteiger partial charge in [-0.3, -0.25) is 0 Å². The smallest absolute Gasteiger partial charge is 0.136 e. The number of hydrogen-bond donors (Lipinski definition) is 0. The molecule has 228 valence electrons. The van der Waals surface area contributed by atoms with Crippen molar-refractivity contribution < 1.29 is 45.5 Å². The molecule has 1 heterocycles. The molecule has 49 heavy (non-hydrogen) atoms. The normalized spacial score (nSPS) is 20.2. The highest BCUT2D eigenvalue weighted by molar-refractivity contribution is 6.26. The Labute approximate surface area is 326 Å². The van der Waals surface area contributed by atoms with E-state index in [4.69, 9.17) is 30.5 Å². The molecule has 0 aliphatic rings. The van der Waals surface area contributed by atoms with Gasteiger partial charge in [0.05, 0.1) is 41.1 Å². The highest BCUT2D eigenvalue weighted by Crippen LogP contribution is 2.48. The van der Waals surface area contributed by atoms with Gasteiger partial charge in [0.25, 0.3) is 0 Å². The van der Waals surface area contributed by atoms with E-state index >= 15 is 0 Å². The van der Waals surface area contributed by atoms with Gasteiger partial charge in [-0.2, -0.15) is 0 Å². The van der Waals surface area contributed by atoms with E-state index < -0.39 is 280 Å². The molecule has 0 spiro atoms. The molecule has 0 saturated carbocycles. The second-order valence-corrected chi connectivity index (χ2v) is 10.5. The van der Waals surface area contributed by atoms with E-state index in [1.807, 2.05) is 0 Å². The lowest BCUT2D eigenvalue weighted by atomic mass is 9.83. The Morgan fingerprint density at radius 3 is 1.78 bits per heavy atom. The first kappa shape index (κ1) is 11.1. The maximum atomic E-state index is 10.3. The predicted octanol–water partition coefficient (Wildman–Crippen LogP) is 13.7. The summed E-state index contributed by atoms with van der Waals surface area (Å²) in [5.74, 6) is 0. The summed E-state index contributed by atoms with van der Waals surface area (Å²) in [6.45, 7) is 0. The lowest BCUT2D eigenvalue weighted by Crippen LogP contribution is -1.92. The minimum absolute atomic E-state index is 0.571. The molecule has 10 aromatic rings. The second-order valence-electron chi connectivity index (χ2n) is 10.5. The topological polar surface area (TPSA) is 13.1 Å². The van der Waals surface area contributed by atoms with Crippen molar-refractivity contribution in [3.8, 4) is 44.5 Å². The average Bonchev–Trinajstić information content (AvgIpc) is 3.40. The van der Waals surface area contributed by atoms with Gasteiger partial charge >= 0.3 is 0 Å². The zero-order valence-electron chi connectivity index (χ0n) is 54.4. The lowest BCUT2D eigenvalue weighted by molar-refractivity contribution is 0.669. The van der Waals surface area contributed by atoms with Crippen LogP contribution in [0.25, 0.3) is 98.8 Å². The first-order valence-electron chi connectivity index (χ1n) is 29.4. The van der Waals surface area contributed by atoms with Gasteiger partial charge < -0.3 is 4.42 Å². The van der Waals surface area contributed by atoms with Crippen molar-refractivity contribution in [2.24, 2.45) is 0 Å². The van der Waals surface area contributed by atoms with Crippen LogP contribution >= 0.6 is 0 Å². The summed E-state index contributed by atoms with van der Waals surface area (Å²) in [5, 5.41) is -5.92. The third-order valence-electron chi connectivity index (χ3n) is 7.82. The fourth-order valence-electron chi connectivity index (χ4n) is 5.77. The van der Waals surface area contributed by atoms with Crippen LogP contribution < -0.4 is 0 Å². The number of fused-ring (bicyclic) bond motifs is 6. The van der Waals surface area contributed by atoms with E-state index in [0.717, 1.165) is 0 Å². The molecule has 9 aromatic carbocycles. The van der Waals surface area contributed by atoms with Crippen LogP contribution in [0, 0.1) is 0 Å². The summed E-state index contributed by atoms with van der Waals surface area (Å²) in [7, 11) is 0. The minimum Gasteiger partial charge on any atom is -0.456 e. The van der Waals surface area contributed by atoms with E-state index in [0.29, 0.717) is 0 Å². The summed E-state index contributed by atoms with van der Waals surface area (Å²) in [5.41, 5.74) is -8.36. The molecule has 1 aromatic heterocycles. The molecule has 0 fully saturated rings. The van der Waals surface area contributed by atoms with Gasteiger partial charge in [0, 0.05) is 10.8 Å². The monoisotopic (exact) mass is 652 g/mol. The van der Waals surface area contributed by atoms with Crippen molar-refractivity contribution in [1.29, 1.82) is 0 Å². The van der Waals surface area contributed by atoms with Gasteiger partial charge in [-0.1, -0.05) is 151 Å². The lowest BCUT2D eigenvalue weighted by Gasteiger charge is -2.19. The van der Waals surface area contributed by atoms with Crippen LogP contribution in [-0.4, -0.2) is 0 Å². The quantitative estimate of drug-likeness (QED) is 0.172. The van der Waals surface area contributed by atoms with Crippen molar-refractivity contribution in [2.45, 2.75) is 0 Å². The van der Waals surface area contributed by atoms with E-state index in [1.165, 1.54) is 0 Å². The van der Waals surface area contributed by atoms with Crippen LogP contribution in [0.4, 0.5) is 0 Å². The molecule has 0 aliphatic carbocycles. The summed E-state index contributed by atoms with van der Waals surface area (Å²) < 4.78 is 278. The average molecular weight is 653 g/mol. The predicted molar refractivity (Wildman–Crippen MR) is 208 cm³/mol. The summed E-state index contributed by atoms with van der Waals surface area (Å²) in [6.07, 6.45) is 0. The number of para-hydroxylation sites is 1. The molecular formula is C48H30O. The van der Waals surface area contributed by atoms with Gasteiger partial charge in [0.2, 0.25) is 0 Å². The summed E-state index contributed by atoms with van der Waals surface area (Å²) in [4.78, 5) is 0. The zero-order valence-corrected chi connectivity index (χ0v) is 24.4. The van der Waals surface area contributed by atoms with Gasteiger partial charge in [-0.05, 0) is 107 Å². The Balaban J connectivity index is 1.60. The molecule has 0 radical (unpaired) electrons. The van der Waals surface area contributed by atoms with Crippen molar-refractivity contribution in [1.82, 2.24) is 0 Å². The van der Waals surface area contributed by atoms with Crippen LogP contribution in [0.1, 0.15) is 41.1 Å². The van der Waals surface area contributed by atoms with E-state index in [2.05, 4.69) is 0 Å². The SMILES string of the molecule is [2H]c1c([2H])c([2H])c(-c2c([2H])c([2H])c([2H])c(-c3c([2H])c([2H])c4c(-c5c([2H])c([2H])c6c([2H])c([2H])c([2H])c([2H])c6c5[2H])c5c([2H])c([2H])c([2H])c([2H])c5c(-c5c([2H])c([2H])c([2H])c6oc7c([2H])c([2H])c([2H])c([2H])c7c56)c4c3[2H])c2[2H])c([2H])c1[2H]. The van der Waals surface area contributed by atoms with Gasteiger partial charge in [-0.15, -0.1) is 0 Å². The third kappa shape index (κ3) is 4.47. The van der Waals surface area contributed by atoms with Crippen LogP contribution in [-0.2, 0) is 0 Å². The Morgan fingerprint density at radius 1 is 0.327 bits per heavy atom. The number of hydrogen-bond acceptors (Lipinski definition) is 1. The maximum absolute atomic E-state index is 10.3. The van der Waals surface area contributed by atoms with Crippen LogP contribution in [0.15, 0.2) is 186 Å². The van der Waals surface area contributed by atoms with Crippen molar-refractivity contribution >= 4 is 54.3 Å². The molecule has 1 heteroatoms. The minimum atomic E-state index is -1.19. The second kappa shape index (κ2) is 11.1. The number of rotatable bonds is 4. The molecule has 0 unspecified atom stereocenters. The highest BCUT2D eigenvalue weighted by Gasteiger charge is 2.21. The van der Waals surface area contributed by atoms with E-state index in [1.54, 1.807) is 0 Å². The molecule has 0 aliphatic heterocycles. The number of benzene rings is 9. The van der Waals surface area contributed by atoms with Crippen molar-refractivity contribution in [3.05, 3.63) is 181 Å². The number of furan rings is 1. The summed E-state index contributed by atoms with van der Waals surface area (Å²) in [6, 6.07) is -29.9. The third-order valence-corrected chi connectivity index (χ3v) is 7.82. The van der Waals surface area contributed by atoms with Gasteiger partial charge in [-0.25, -0.2) is 0 Å². The van der Waals surface area contributed by atoms with Crippen LogP contribution in [0.3, 0.4) is 0 Å². The molecular weight excluding hydrogens is 593 g/mol. The van der Waals surface area contributed by atoms with Crippen molar-refractivity contribution in [3.63, 3.8) is 0 Å². The fourth-order valence-corrected chi connectivity index (χ4v) is 5.77. The van der Waals surface area contributed by atoms with E-state index in [-0.39, 0.29) is 0 Å². The molecule has 0 atom stereocenters. The molecule has 1 nitrogen and oxygen atoms in total. The summed E-state index contributed by atoms with van der Waals surface area (Å²) >= 11 is 0. The zero-order chi connectivity index (χ0) is 58.4. The first-order valence-corrected chi connectivity index (χ1v) is 14.4. The van der Waals surface area contributed by atoms with Crippen LogP contribution in [0.2, 0.25) is 0 Å². The molecule has 0 N–H and O–H groups in total. The van der Waals surface area contributed by atoms with Crippen molar-refractivity contribution in [2.75, 3.05) is 0 Å². The Kier molecular flexibility index (Phi) is 2.50. The molecule has 10 rings (SSSR count). The maximum Gasteiger partial charge on any atom is 0.136 e. The Hall–Kier alpha value is -6.44. The standard InChI is InChI=1S/C48H30O/c1-2-12-31(13-3-1)34-16-10-17-35(28-34)36-26-27-40-43(30-36)47(42-21-11-23-45-48(42)41-20-8-9-22-44(41)49-45)39-19-7-6-18-38(39)46(40)37-25-24-32-14-4-5-15-33(32)29-37/h1-30H/i1D,2D,3D,4D,5D,6D,7D,8D,9D,10D,11D,12D,13D,14D,15D,16D,17D,18D,19D,20D,21D,22D,23D,24D,25D,26D,27D,28D,29D,30D. The van der Waals surface area contributed by atoms with Gasteiger partial charge in [0.15, 0.2) is 0 Å². The molecule has 0 amide bonds. The van der Waals surface area contributed by atoms with Crippen LogP contribution in [0.5, 0.6) is 0 Å². The molecule has 0 saturated heterocycles. The fraction of sp³-hybridized carbons (Fsp3) is 0. The molecule has 0 bridgehead atoms. The van der Waals surface area contributed by atoms with Gasteiger partial charge in [0.1, 0.15) is 11.2 Å². The highest BCUT2D eigenvalue weighted by atomic mass is 16.3. The Morgan fingerprint density at radius 2 is 0.918 bits per heavy atom. The Bertz CT molecular complexity index is 4570. The van der Waals surface area contributed by atoms with E-state index in [9.17, 15) is 15.1 Å².